The standard InChI is InChI=1S/C21H27N3O2/c1-14-6-11-18(15(2)12-14)23-19(25)13-22-17-9-7-16(8-10-17)20(26)24-21(3,4)5/h6-12,22H,13H2,1-5H3,(H,23,25)(H,24,26). The molecule has 0 spiro atoms. The molecule has 5 heteroatoms. The van der Waals surface area contributed by atoms with Crippen LogP contribution in [0.25, 0.3) is 0 Å². The number of amides is 2. The van der Waals surface area contributed by atoms with Crippen molar-refractivity contribution < 1.29 is 9.59 Å². The van der Waals surface area contributed by atoms with Crippen molar-refractivity contribution in [1.82, 2.24) is 5.32 Å². The second-order valence-corrected chi connectivity index (χ2v) is 7.50. The molecular formula is C21H27N3O2. The molecule has 26 heavy (non-hydrogen) atoms. The number of rotatable bonds is 5. The number of benzene rings is 2. The van der Waals surface area contributed by atoms with Crippen molar-refractivity contribution in [1.29, 1.82) is 0 Å². The summed E-state index contributed by atoms with van der Waals surface area (Å²) in [6.07, 6.45) is 0. The van der Waals surface area contributed by atoms with E-state index in [0.717, 1.165) is 22.5 Å². The fourth-order valence-electron chi connectivity index (χ4n) is 2.48. The maximum Gasteiger partial charge on any atom is 0.251 e. The largest absolute Gasteiger partial charge is 0.376 e. The molecule has 2 aromatic carbocycles. The first-order valence-electron chi connectivity index (χ1n) is 8.67. The minimum absolute atomic E-state index is 0.114. The van der Waals surface area contributed by atoms with Crippen LogP contribution < -0.4 is 16.0 Å². The van der Waals surface area contributed by atoms with Crippen LogP contribution in [0.4, 0.5) is 11.4 Å². The van der Waals surface area contributed by atoms with Gasteiger partial charge in [0.1, 0.15) is 0 Å². The third-order valence-electron chi connectivity index (χ3n) is 3.74. The van der Waals surface area contributed by atoms with Crippen LogP contribution in [0.15, 0.2) is 42.5 Å². The Morgan fingerprint density at radius 3 is 2.19 bits per heavy atom. The minimum Gasteiger partial charge on any atom is -0.376 e. The zero-order valence-electron chi connectivity index (χ0n) is 16.1. The first-order valence-corrected chi connectivity index (χ1v) is 8.67. The van der Waals surface area contributed by atoms with Crippen LogP contribution in [-0.4, -0.2) is 23.9 Å². The molecule has 0 aromatic heterocycles. The number of hydrogen-bond donors (Lipinski definition) is 3. The van der Waals surface area contributed by atoms with Crippen molar-refractivity contribution >= 4 is 23.2 Å². The van der Waals surface area contributed by atoms with Crippen LogP contribution >= 0.6 is 0 Å². The van der Waals surface area contributed by atoms with Gasteiger partial charge >= 0.3 is 0 Å². The lowest BCUT2D eigenvalue weighted by Crippen LogP contribution is -2.40. The van der Waals surface area contributed by atoms with Crippen molar-refractivity contribution in [2.75, 3.05) is 17.2 Å². The number of carbonyl (C=O) groups excluding carboxylic acids is 2. The van der Waals surface area contributed by atoms with E-state index in [1.54, 1.807) is 24.3 Å². The quantitative estimate of drug-likeness (QED) is 0.764. The highest BCUT2D eigenvalue weighted by molar-refractivity contribution is 5.96. The fraction of sp³-hybridized carbons (Fsp3) is 0.333. The van der Waals surface area contributed by atoms with E-state index in [2.05, 4.69) is 16.0 Å². The summed E-state index contributed by atoms with van der Waals surface area (Å²) < 4.78 is 0. The molecule has 0 bridgehead atoms. The molecule has 0 fully saturated rings. The molecule has 3 N–H and O–H groups in total. The normalized spacial score (nSPS) is 11.0. The van der Waals surface area contributed by atoms with Gasteiger partial charge in [0.05, 0.1) is 6.54 Å². The zero-order valence-corrected chi connectivity index (χ0v) is 16.1. The molecule has 2 amide bonds. The SMILES string of the molecule is Cc1ccc(NC(=O)CNc2ccc(C(=O)NC(C)(C)C)cc2)c(C)c1. The van der Waals surface area contributed by atoms with Crippen LogP contribution in [-0.2, 0) is 4.79 Å². The molecule has 0 aliphatic rings. The predicted octanol–water partition coefficient (Wildman–Crippen LogP) is 3.88. The molecule has 2 aromatic rings. The number of anilines is 2. The monoisotopic (exact) mass is 353 g/mol. The first-order chi connectivity index (χ1) is 12.1. The van der Waals surface area contributed by atoms with E-state index in [1.807, 2.05) is 52.8 Å². The highest BCUT2D eigenvalue weighted by atomic mass is 16.2. The smallest absolute Gasteiger partial charge is 0.251 e. The molecule has 138 valence electrons. The topological polar surface area (TPSA) is 70.2 Å². The van der Waals surface area contributed by atoms with Gasteiger partial charge in [0.25, 0.3) is 5.91 Å². The summed E-state index contributed by atoms with van der Waals surface area (Å²) in [5.41, 5.74) is 4.11. The Bertz CT molecular complexity index is 790. The van der Waals surface area contributed by atoms with Crippen LogP contribution in [0, 0.1) is 13.8 Å². The van der Waals surface area contributed by atoms with Gasteiger partial charge in [-0.3, -0.25) is 9.59 Å². The van der Waals surface area contributed by atoms with E-state index in [9.17, 15) is 9.59 Å². The molecule has 0 heterocycles. The van der Waals surface area contributed by atoms with Gasteiger partial charge in [-0.1, -0.05) is 17.7 Å². The minimum atomic E-state index is -0.278. The van der Waals surface area contributed by atoms with E-state index in [-0.39, 0.29) is 23.9 Å². The molecular weight excluding hydrogens is 326 g/mol. The van der Waals surface area contributed by atoms with E-state index < -0.39 is 0 Å². The van der Waals surface area contributed by atoms with Gasteiger partial charge in [-0.2, -0.15) is 0 Å². The van der Waals surface area contributed by atoms with Crippen molar-refractivity contribution in [3.63, 3.8) is 0 Å². The maximum absolute atomic E-state index is 12.1. The summed E-state index contributed by atoms with van der Waals surface area (Å²) in [5.74, 6) is -0.233. The maximum atomic E-state index is 12.1. The van der Waals surface area contributed by atoms with Crippen molar-refractivity contribution in [2.24, 2.45) is 0 Å². The van der Waals surface area contributed by atoms with Crippen LogP contribution in [0.2, 0.25) is 0 Å². The number of carbonyl (C=O) groups is 2. The van der Waals surface area contributed by atoms with Crippen LogP contribution in [0.1, 0.15) is 42.3 Å². The summed E-state index contributed by atoms with van der Waals surface area (Å²) in [6.45, 7) is 9.96. The Hall–Kier alpha value is -2.82. The Balaban J connectivity index is 1.89. The van der Waals surface area contributed by atoms with E-state index >= 15 is 0 Å². The van der Waals surface area contributed by atoms with Crippen molar-refractivity contribution in [3.8, 4) is 0 Å². The highest BCUT2D eigenvalue weighted by Crippen LogP contribution is 2.16. The molecule has 2 rings (SSSR count). The van der Waals surface area contributed by atoms with Crippen molar-refractivity contribution in [3.05, 3.63) is 59.2 Å². The predicted molar refractivity (Wildman–Crippen MR) is 107 cm³/mol. The molecule has 0 atom stereocenters. The summed E-state index contributed by atoms with van der Waals surface area (Å²) in [6, 6.07) is 13.0. The van der Waals surface area contributed by atoms with Crippen LogP contribution in [0.3, 0.4) is 0 Å². The van der Waals surface area contributed by atoms with Gasteiger partial charge in [0, 0.05) is 22.5 Å². The van der Waals surface area contributed by atoms with Crippen molar-refractivity contribution in [2.45, 2.75) is 40.2 Å². The van der Waals surface area contributed by atoms with E-state index in [4.69, 9.17) is 0 Å². The van der Waals surface area contributed by atoms with Gasteiger partial charge < -0.3 is 16.0 Å². The van der Waals surface area contributed by atoms with Gasteiger partial charge in [-0.25, -0.2) is 0 Å². The Kier molecular flexibility index (Phi) is 6.03. The number of nitrogens with one attached hydrogen (secondary N) is 3. The lowest BCUT2D eigenvalue weighted by Gasteiger charge is -2.20. The van der Waals surface area contributed by atoms with Gasteiger partial charge in [0.2, 0.25) is 5.91 Å². The van der Waals surface area contributed by atoms with Gasteiger partial charge in [0.15, 0.2) is 0 Å². The van der Waals surface area contributed by atoms with E-state index in [1.165, 1.54) is 0 Å². The second kappa shape index (κ2) is 8.04. The average Bonchev–Trinajstić information content (AvgIpc) is 2.54. The highest BCUT2D eigenvalue weighted by Gasteiger charge is 2.15. The lowest BCUT2D eigenvalue weighted by molar-refractivity contribution is -0.114. The number of hydrogen-bond acceptors (Lipinski definition) is 3. The zero-order chi connectivity index (χ0) is 19.3. The molecule has 0 aliphatic heterocycles. The fourth-order valence-corrected chi connectivity index (χ4v) is 2.48. The van der Waals surface area contributed by atoms with Gasteiger partial charge in [-0.15, -0.1) is 0 Å². The second-order valence-electron chi connectivity index (χ2n) is 7.50. The van der Waals surface area contributed by atoms with Gasteiger partial charge in [-0.05, 0) is 70.5 Å². The Morgan fingerprint density at radius 1 is 0.962 bits per heavy atom. The first kappa shape index (κ1) is 19.5. The summed E-state index contributed by atoms with van der Waals surface area (Å²) in [5, 5.41) is 8.88. The van der Waals surface area contributed by atoms with Crippen LogP contribution in [0.5, 0.6) is 0 Å². The molecule has 0 unspecified atom stereocenters. The summed E-state index contributed by atoms with van der Waals surface area (Å²) >= 11 is 0. The summed E-state index contributed by atoms with van der Waals surface area (Å²) in [7, 11) is 0. The summed E-state index contributed by atoms with van der Waals surface area (Å²) in [4.78, 5) is 24.2. The average molecular weight is 353 g/mol. The number of aryl methyl sites for hydroxylation is 2. The Morgan fingerprint density at radius 2 is 1.62 bits per heavy atom. The lowest BCUT2D eigenvalue weighted by atomic mass is 10.1. The third-order valence-corrected chi connectivity index (χ3v) is 3.74. The van der Waals surface area contributed by atoms with E-state index in [0.29, 0.717) is 5.56 Å². The molecule has 0 radical (unpaired) electrons. The third kappa shape index (κ3) is 5.92. The molecule has 5 nitrogen and oxygen atoms in total. The Labute approximate surface area is 155 Å². The molecule has 0 saturated heterocycles. The molecule has 0 aliphatic carbocycles. The molecule has 0 saturated carbocycles.